The molecule has 1 aromatic rings. The molecule has 88 valence electrons. The minimum absolute atomic E-state index is 0.114. The summed E-state index contributed by atoms with van der Waals surface area (Å²) in [5, 5.41) is 0. The largest absolute Gasteiger partial charge is 0.496 e. The molecule has 1 rings (SSSR count). The second-order valence-corrected chi connectivity index (χ2v) is 3.98. The molecule has 3 heteroatoms. The van der Waals surface area contributed by atoms with Crippen molar-refractivity contribution in [2.75, 3.05) is 13.7 Å². The highest BCUT2D eigenvalue weighted by Crippen LogP contribution is 2.28. The summed E-state index contributed by atoms with van der Waals surface area (Å²) in [5.74, 6) is 0.947. The van der Waals surface area contributed by atoms with Crippen molar-refractivity contribution in [1.29, 1.82) is 0 Å². The normalized spacial score (nSPS) is 10.3. The molecule has 0 spiro atoms. The molecule has 3 nitrogen and oxygen atoms in total. The summed E-state index contributed by atoms with van der Waals surface area (Å²) in [4.78, 5) is 11.9. The van der Waals surface area contributed by atoms with Crippen LogP contribution in [0.15, 0.2) is 6.07 Å². The molecule has 0 atom stereocenters. The average molecular weight is 221 g/mol. The van der Waals surface area contributed by atoms with Gasteiger partial charge in [-0.3, -0.25) is 4.79 Å². The Labute approximate surface area is 96.6 Å². The molecule has 0 bridgehead atoms. The van der Waals surface area contributed by atoms with Gasteiger partial charge in [-0.05, 0) is 50.1 Å². The lowest BCUT2D eigenvalue weighted by atomic mass is 9.93. The molecule has 0 aromatic heterocycles. The lowest BCUT2D eigenvalue weighted by Crippen LogP contribution is -2.12. The van der Waals surface area contributed by atoms with Crippen LogP contribution in [0, 0.1) is 20.8 Å². The van der Waals surface area contributed by atoms with Gasteiger partial charge in [-0.25, -0.2) is 0 Å². The van der Waals surface area contributed by atoms with E-state index in [-0.39, 0.29) is 5.78 Å². The quantitative estimate of drug-likeness (QED) is 0.793. The first-order valence-electron chi connectivity index (χ1n) is 5.41. The lowest BCUT2D eigenvalue weighted by molar-refractivity contribution is 0.0984. The van der Waals surface area contributed by atoms with Crippen LogP contribution in [0.1, 0.15) is 33.5 Å². The van der Waals surface area contributed by atoms with Crippen LogP contribution in [0.2, 0.25) is 0 Å². The van der Waals surface area contributed by atoms with Gasteiger partial charge in [0.05, 0.1) is 7.11 Å². The third kappa shape index (κ3) is 2.25. The highest BCUT2D eigenvalue weighted by molar-refractivity contribution is 5.99. The van der Waals surface area contributed by atoms with Crippen LogP contribution in [0.4, 0.5) is 0 Å². The maximum absolute atomic E-state index is 11.9. The SMILES string of the molecule is COc1cc(C)c(C(=O)CCN)c(C)c1C. The van der Waals surface area contributed by atoms with Crippen molar-refractivity contribution in [1.82, 2.24) is 0 Å². The monoisotopic (exact) mass is 221 g/mol. The summed E-state index contributed by atoms with van der Waals surface area (Å²) in [5.41, 5.74) is 9.18. The van der Waals surface area contributed by atoms with E-state index in [0.29, 0.717) is 13.0 Å². The number of ketones is 1. The van der Waals surface area contributed by atoms with Gasteiger partial charge in [-0.15, -0.1) is 0 Å². The Balaban J connectivity index is 3.30. The van der Waals surface area contributed by atoms with Crippen molar-refractivity contribution in [2.45, 2.75) is 27.2 Å². The second-order valence-electron chi connectivity index (χ2n) is 3.98. The van der Waals surface area contributed by atoms with Crippen LogP contribution in [0.25, 0.3) is 0 Å². The summed E-state index contributed by atoms with van der Waals surface area (Å²) in [6, 6.07) is 1.91. The van der Waals surface area contributed by atoms with Crippen molar-refractivity contribution in [3.63, 3.8) is 0 Å². The molecule has 0 radical (unpaired) electrons. The number of hydrogen-bond donors (Lipinski definition) is 1. The van der Waals surface area contributed by atoms with Gasteiger partial charge in [0.15, 0.2) is 5.78 Å². The van der Waals surface area contributed by atoms with E-state index in [9.17, 15) is 4.79 Å². The Bertz CT molecular complexity index is 411. The summed E-state index contributed by atoms with van der Waals surface area (Å²) in [6.45, 7) is 6.24. The van der Waals surface area contributed by atoms with E-state index in [2.05, 4.69) is 0 Å². The lowest BCUT2D eigenvalue weighted by Gasteiger charge is -2.14. The predicted molar refractivity (Wildman–Crippen MR) is 65.2 cm³/mol. The van der Waals surface area contributed by atoms with Crippen LogP contribution < -0.4 is 10.5 Å². The first-order valence-corrected chi connectivity index (χ1v) is 5.41. The van der Waals surface area contributed by atoms with Crippen molar-refractivity contribution in [3.8, 4) is 5.75 Å². The first-order chi connectivity index (χ1) is 7.52. The minimum Gasteiger partial charge on any atom is -0.496 e. The fraction of sp³-hybridized carbons (Fsp3) is 0.462. The van der Waals surface area contributed by atoms with Crippen LogP contribution in [0.3, 0.4) is 0 Å². The summed E-state index contributed by atoms with van der Waals surface area (Å²) in [7, 11) is 1.64. The van der Waals surface area contributed by atoms with E-state index >= 15 is 0 Å². The predicted octanol–water partition coefficient (Wildman–Crippen LogP) is 2.15. The molecular formula is C13H19NO2. The highest BCUT2D eigenvalue weighted by Gasteiger charge is 2.15. The number of Topliss-reactive ketones (excluding diaryl/α,β-unsaturated/α-hetero) is 1. The molecule has 0 saturated heterocycles. The first kappa shape index (κ1) is 12.7. The molecule has 0 fully saturated rings. The second kappa shape index (κ2) is 5.12. The molecule has 0 aliphatic carbocycles. The maximum Gasteiger partial charge on any atom is 0.164 e. The molecule has 0 aliphatic heterocycles. The fourth-order valence-electron chi connectivity index (χ4n) is 1.94. The number of ether oxygens (including phenoxy) is 1. The standard InChI is InChI=1S/C13H19NO2/c1-8-7-12(16-4)9(2)10(3)13(8)11(15)5-6-14/h7H,5-6,14H2,1-4H3. The molecule has 0 saturated carbocycles. The van der Waals surface area contributed by atoms with Gasteiger partial charge >= 0.3 is 0 Å². The van der Waals surface area contributed by atoms with Crippen molar-refractivity contribution in [2.24, 2.45) is 5.73 Å². The molecule has 1 aromatic carbocycles. The molecule has 0 unspecified atom stereocenters. The number of nitrogens with two attached hydrogens (primary N) is 1. The molecular weight excluding hydrogens is 202 g/mol. The number of benzene rings is 1. The maximum atomic E-state index is 11.9. The molecule has 0 amide bonds. The van der Waals surface area contributed by atoms with E-state index < -0.39 is 0 Å². The van der Waals surface area contributed by atoms with Crippen LogP contribution >= 0.6 is 0 Å². The van der Waals surface area contributed by atoms with Crippen molar-refractivity contribution >= 4 is 5.78 Å². The summed E-state index contributed by atoms with van der Waals surface area (Å²) in [6.07, 6.45) is 0.396. The number of aryl methyl sites for hydroxylation is 1. The fourth-order valence-corrected chi connectivity index (χ4v) is 1.94. The Hall–Kier alpha value is -1.35. The van der Waals surface area contributed by atoms with E-state index in [0.717, 1.165) is 28.0 Å². The van der Waals surface area contributed by atoms with Gasteiger partial charge in [-0.1, -0.05) is 0 Å². The molecule has 0 heterocycles. The smallest absolute Gasteiger partial charge is 0.164 e. The summed E-state index contributed by atoms with van der Waals surface area (Å²) < 4.78 is 5.27. The number of hydrogen-bond acceptors (Lipinski definition) is 3. The van der Waals surface area contributed by atoms with E-state index in [1.54, 1.807) is 7.11 Å². The van der Waals surface area contributed by atoms with Crippen molar-refractivity contribution in [3.05, 3.63) is 28.3 Å². The zero-order chi connectivity index (χ0) is 12.3. The number of rotatable bonds is 4. The molecule has 2 N–H and O–H groups in total. The molecule has 16 heavy (non-hydrogen) atoms. The Morgan fingerprint density at radius 1 is 1.31 bits per heavy atom. The number of methoxy groups -OCH3 is 1. The Morgan fingerprint density at radius 2 is 1.94 bits per heavy atom. The molecule has 0 aliphatic rings. The Kier molecular flexibility index (Phi) is 4.07. The third-order valence-electron chi connectivity index (χ3n) is 2.92. The van der Waals surface area contributed by atoms with Gasteiger partial charge in [-0.2, -0.15) is 0 Å². The van der Waals surface area contributed by atoms with Gasteiger partial charge in [0.1, 0.15) is 5.75 Å². The van der Waals surface area contributed by atoms with Crippen molar-refractivity contribution < 1.29 is 9.53 Å². The van der Waals surface area contributed by atoms with Gasteiger partial charge < -0.3 is 10.5 Å². The van der Waals surface area contributed by atoms with Gasteiger partial charge in [0.2, 0.25) is 0 Å². The zero-order valence-electron chi connectivity index (χ0n) is 10.4. The Morgan fingerprint density at radius 3 is 2.44 bits per heavy atom. The van der Waals surface area contributed by atoms with E-state index in [4.69, 9.17) is 10.5 Å². The zero-order valence-corrected chi connectivity index (χ0v) is 10.4. The van der Waals surface area contributed by atoms with E-state index in [1.165, 1.54) is 0 Å². The van der Waals surface area contributed by atoms with Crippen LogP contribution in [-0.2, 0) is 0 Å². The van der Waals surface area contributed by atoms with Gasteiger partial charge in [0.25, 0.3) is 0 Å². The summed E-state index contributed by atoms with van der Waals surface area (Å²) >= 11 is 0. The van der Waals surface area contributed by atoms with Crippen LogP contribution in [-0.4, -0.2) is 19.4 Å². The van der Waals surface area contributed by atoms with Crippen LogP contribution in [0.5, 0.6) is 5.75 Å². The highest BCUT2D eigenvalue weighted by atomic mass is 16.5. The van der Waals surface area contributed by atoms with Gasteiger partial charge in [0, 0.05) is 12.0 Å². The average Bonchev–Trinajstić information content (AvgIpc) is 2.24. The number of carbonyl (C=O) groups is 1. The van der Waals surface area contributed by atoms with E-state index in [1.807, 2.05) is 26.8 Å². The minimum atomic E-state index is 0.114. The number of carbonyl (C=O) groups excluding carboxylic acids is 1. The topological polar surface area (TPSA) is 52.3 Å². The third-order valence-corrected chi connectivity index (χ3v) is 2.92.